The summed E-state index contributed by atoms with van der Waals surface area (Å²) in [6.45, 7) is 0. The van der Waals surface area contributed by atoms with Gasteiger partial charge in [0.2, 0.25) is 5.91 Å². The molecule has 150 valence electrons. The molecule has 2 aromatic carbocycles. The van der Waals surface area contributed by atoms with Crippen molar-refractivity contribution in [3.8, 4) is 11.5 Å². The summed E-state index contributed by atoms with van der Waals surface area (Å²) in [4.78, 5) is 25.8. The van der Waals surface area contributed by atoms with E-state index in [9.17, 15) is 9.59 Å². The molecule has 6 heteroatoms. The van der Waals surface area contributed by atoms with Gasteiger partial charge in [-0.25, -0.2) is 0 Å². The standard InChI is InChI=1S/C23H22ClNO4/c1-28-20-9-5-7-15(23(20)29-2)16-12-21(27)25-18-10-13(11-19(26)22(16)18)14-6-3-4-8-17(14)24/h3-9,13,16H,10-12H2,1-2H3,(H,25,27)/t13-,16+/m1/s1. The second-order valence-electron chi connectivity index (χ2n) is 7.33. The molecule has 1 N–H and O–H groups in total. The molecular weight excluding hydrogens is 390 g/mol. The summed E-state index contributed by atoms with van der Waals surface area (Å²) >= 11 is 6.36. The lowest BCUT2D eigenvalue weighted by Crippen LogP contribution is -2.38. The largest absolute Gasteiger partial charge is 0.493 e. The first kappa shape index (κ1) is 19.5. The predicted molar refractivity (Wildman–Crippen MR) is 111 cm³/mol. The zero-order valence-corrected chi connectivity index (χ0v) is 17.1. The molecule has 0 fully saturated rings. The van der Waals surface area contributed by atoms with Gasteiger partial charge in [0, 0.05) is 40.6 Å². The van der Waals surface area contributed by atoms with Gasteiger partial charge in [0.25, 0.3) is 0 Å². The monoisotopic (exact) mass is 411 g/mol. The molecule has 1 heterocycles. The summed E-state index contributed by atoms with van der Waals surface area (Å²) in [5.74, 6) is 0.653. The van der Waals surface area contributed by atoms with E-state index >= 15 is 0 Å². The van der Waals surface area contributed by atoms with E-state index < -0.39 is 0 Å². The molecule has 0 unspecified atom stereocenters. The highest BCUT2D eigenvalue weighted by atomic mass is 35.5. The number of carbonyl (C=O) groups excluding carboxylic acids is 2. The van der Waals surface area contributed by atoms with Crippen LogP contribution in [0.25, 0.3) is 0 Å². The number of nitrogens with one attached hydrogen (secondary N) is 1. The number of ether oxygens (including phenoxy) is 2. The van der Waals surface area contributed by atoms with E-state index in [2.05, 4.69) is 5.32 Å². The SMILES string of the molecule is COc1cccc([C@@H]2CC(=O)NC3=C2C(=O)C[C@H](c2ccccc2Cl)C3)c1OC. The lowest BCUT2D eigenvalue weighted by molar-refractivity contribution is -0.122. The van der Waals surface area contributed by atoms with Crippen LogP contribution in [0.2, 0.25) is 5.02 Å². The van der Waals surface area contributed by atoms with Gasteiger partial charge in [-0.05, 0) is 30.0 Å². The summed E-state index contributed by atoms with van der Waals surface area (Å²) in [5, 5.41) is 3.58. The maximum Gasteiger partial charge on any atom is 0.225 e. The molecule has 1 aliphatic heterocycles. The maximum absolute atomic E-state index is 13.2. The number of Topliss-reactive ketones (excluding diaryl/α,β-unsaturated/α-hetero) is 1. The van der Waals surface area contributed by atoms with Crippen LogP contribution in [-0.4, -0.2) is 25.9 Å². The number of carbonyl (C=O) groups is 2. The Morgan fingerprint density at radius 2 is 1.69 bits per heavy atom. The summed E-state index contributed by atoms with van der Waals surface area (Å²) in [6.07, 6.45) is 1.13. The van der Waals surface area contributed by atoms with Crippen LogP contribution >= 0.6 is 11.6 Å². The van der Waals surface area contributed by atoms with Gasteiger partial charge < -0.3 is 14.8 Å². The second-order valence-corrected chi connectivity index (χ2v) is 7.74. The Morgan fingerprint density at radius 3 is 2.41 bits per heavy atom. The van der Waals surface area contributed by atoms with E-state index in [4.69, 9.17) is 21.1 Å². The van der Waals surface area contributed by atoms with E-state index in [0.29, 0.717) is 40.6 Å². The van der Waals surface area contributed by atoms with Gasteiger partial charge in [0.15, 0.2) is 17.3 Å². The van der Waals surface area contributed by atoms with Crippen molar-refractivity contribution in [1.29, 1.82) is 0 Å². The van der Waals surface area contributed by atoms with Gasteiger partial charge in [-0.1, -0.05) is 41.9 Å². The predicted octanol–water partition coefficient (Wildman–Crippen LogP) is 4.36. The van der Waals surface area contributed by atoms with Crippen molar-refractivity contribution in [3.63, 3.8) is 0 Å². The quantitative estimate of drug-likeness (QED) is 0.811. The molecule has 0 spiro atoms. The van der Waals surface area contributed by atoms with Crippen LogP contribution in [0, 0.1) is 0 Å². The minimum Gasteiger partial charge on any atom is -0.493 e. The molecule has 2 aromatic rings. The van der Waals surface area contributed by atoms with Crippen LogP contribution in [0.4, 0.5) is 0 Å². The van der Waals surface area contributed by atoms with Crippen molar-refractivity contribution in [1.82, 2.24) is 5.32 Å². The third-order valence-corrected chi connectivity index (χ3v) is 6.03. The lowest BCUT2D eigenvalue weighted by atomic mass is 9.73. The van der Waals surface area contributed by atoms with Crippen molar-refractivity contribution in [2.45, 2.75) is 31.1 Å². The lowest BCUT2D eigenvalue weighted by Gasteiger charge is -2.35. The first-order chi connectivity index (χ1) is 14.0. The van der Waals surface area contributed by atoms with Gasteiger partial charge in [0.1, 0.15) is 0 Å². The van der Waals surface area contributed by atoms with Gasteiger partial charge >= 0.3 is 0 Å². The van der Waals surface area contributed by atoms with Crippen LogP contribution in [0.3, 0.4) is 0 Å². The van der Waals surface area contributed by atoms with Crippen LogP contribution < -0.4 is 14.8 Å². The van der Waals surface area contributed by atoms with Crippen LogP contribution in [0.15, 0.2) is 53.7 Å². The molecule has 0 bridgehead atoms. The maximum atomic E-state index is 13.2. The molecule has 2 aliphatic rings. The Hall–Kier alpha value is -2.79. The number of benzene rings is 2. The Morgan fingerprint density at radius 1 is 0.931 bits per heavy atom. The molecule has 0 aromatic heterocycles. The van der Waals surface area contributed by atoms with Crippen molar-refractivity contribution < 1.29 is 19.1 Å². The molecule has 1 amide bonds. The average Bonchev–Trinajstić information content (AvgIpc) is 2.72. The first-order valence-electron chi connectivity index (χ1n) is 9.54. The normalized spacial score (nSPS) is 21.5. The Labute approximate surface area is 174 Å². The third-order valence-electron chi connectivity index (χ3n) is 5.69. The van der Waals surface area contributed by atoms with Crippen molar-refractivity contribution in [2.24, 2.45) is 0 Å². The molecule has 1 aliphatic carbocycles. The number of hydrogen-bond donors (Lipinski definition) is 1. The number of ketones is 1. The smallest absolute Gasteiger partial charge is 0.225 e. The number of rotatable bonds is 4. The zero-order valence-electron chi connectivity index (χ0n) is 16.3. The highest BCUT2D eigenvalue weighted by Crippen LogP contribution is 2.47. The highest BCUT2D eigenvalue weighted by Gasteiger charge is 2.39. The van der Waals surface area contributed by atoms with E-state index in [0.717, 1.165) is 11.1 Å². The Kier molecular flexibility index (Phi) is 5.33. The minimum absolute atomic E-state index is 0.0334. The molecule has 2 atom stereocenters. The molecule has 4 rings (SSSR count). The van der Waals surface area contributed by atoms with Crippen LogP contribution in [0.1, 0.15) is 42.2 Å². The van der Waals surface area contributed by atoms with E-state index in [-0.39, 0.29) is 29.9 Å². The van der Waals surface area contributed by atoms with Gasteiger partial charge in [0.05, 0.1) is 14.2 Å². The van der Waals surface area contributed by atoms with Crippen molar-refractivity contribution in [2.75, 3.05) is 14.2 Å². The van der Waals surface area contributed by atoms with Gasteiger partial charge in [-0.2, -0.15) is 0 Å². The highest BCUT2D eigenvalue weighted by molar-refractivity contribution is 6.31. The molecule has 0 saturated heterocycles. The molecular formula is C23H22ClNO4. The third kappa shape index (κ3) is 3.51. The Balaban J connectivity index is 1.78. The Bertz CT molecular complexity index is 1010. The van der Waals surface area contributed by atoms with E-state index in [1.165, 1.54) is 0 Å². The number of halogens is 1. The number of amides is 1. The van der Waals surface area contributed by atoms with Crippen LogP contribution in [0.5, 0.6) is 11.5 Å². The summed E-state index contributed by atoms with van der Waals surface area (Å²) < 4.78 is 11.0. The fourth-order valence-electron chi connectivity index (χ4n) is 4.44. The fraction of sp³-hybridized carbons (Fsp3) is 0.304. The first-order valence-corrected chi connectivity index (χ1v) is 9.92. The number of hydrogen-bond acceptors (Lipinski definition) is 4. The molecule has 29 heavy (non-hydrogen) atoms. The minimum atomic E-state index is -0.358. The van der Waals surface area contributed by atoms with Crippen molar-refractivity contribution >= 4 is 23.3 Å². The summed E-state index contributed by atoms with van der Waals surface area (Å²) in [5.41, 5.74) is 3.08. The summed E-state index contributed by atoms with van der Waals surface area (Å²) in [7, 11) is 3.13. The van der Waals surface area contributed by atoms with Gasteiger partial charge in [-0.3, -0.25) is 9.59 Å². The molecule has 0 saturated carbocycles. The zero-order chi connectivity index (χ0) is 20.5. The number of allylic oxidation sites excluding steroid dienone is 2. The molecule has 5 nitrogen and oxygen atoms in total. The second kappa shape index (κ2) is 7.91. The number of para-hydroxylation sites is 1. The number of methoxy groups -OCH3 is 2. The van der Waals surface area contributed by atoms with Crippen molar-refractivity contribution in [3.05, 3.63) is 69.9 Å². The van der Waals surface area contributed by atoms with E-state index in [1.807, 2.05) is 36.4 Å². The average molecular weight is 412 g/mol. The van der Waals surface area contributed by atoms with Crippen LogP contribution in [-0.2, 0) is 9.59 Å². The molecule has 0 radical (unpaired) electrons. The topological polar surface area (TPSA) is 64.6 Å². The summed E-state index contributed by atoms with van der Waals surface area (Å²) in [6, 6.07) is 13.1. The van der Waals surface area contributed by atoms with Gasteiger partial charge in [-0.15, -0.1) is 0 Å². The van der Waals surface area contributed by atoms with E-state index in [1.54, 1.807) is 20.3 Å². The fourth-order valence-corrected chi connectivity index (χ4v) is 4.73.